The van der Waals surface area contributed by atoms with E-state index in [2.05, 4.69) is 5.32 Å². The normalized spacial score (nSPS) is 11.5. The molecule has 0 aliphatic heterocycles. The van der Waals surface area contributed by atoms with Crippen LogP contribution in [0.3, 0.4) is 0 Å². The van der Waals surface area contributed by atoms with E-state index in [1.165, 1.54) is 37.4 Å². The fourth-order valence-corrected chi connectivity index (χ4v) is 3.79. The molecule has 3 aromatic rings. The summed E-state index contributed by atoms with van der Waals surface area (Å²) in [5, 5.41) is 8.03. The van der Waals surface area contributed by atoms with Gasteiger partial charge in [-0.05, 0) is 36.4 Å². The van der Waals surface area contributed by atoms with E-state index in [-0.39, 0.29) is 21.2 Å². The molecule has 0 saturated heterocycles. The van der Waals surface area contributed by atoms with Crippen molar-refractivity contribution in [3.8, 4) is 5.75 Å². The average Bonchev–Trinajstić information content (AvgIpc) is 3.00. The minimum Gasteiger partial charge on any atom is -0.495 e. The third kappa shape index (κ3) is 3.48. The topological polar surface area (TPSA) is 98.5 Å². The van der Waals surface area contributed by atoms with Crippen molar-refractivity contribution in [3.05, 3.63) is 53.2 Å². The minimum absolute atomic E-state index is 0.150. The number of halogens is 1. The number of methoxy groups -OCH3 is 1. The van der Waals surface area contributed by atoms with Crippen LogP contribution >= 0.6 is 11.3 Å². The van der Waals surface area contributed by atoms with E-state index in [1.54, 1.807) is 12.1 Å². The Labute approximate surface area is 147 Å². The van der Waals surface area contributed by atoms with Crippen LogP contribution in [0.15, 0.2) is 47.4 Å². The number of benzene rings is 2. The molecule has 0 fully saturated rings. The second kappa shape index (κ2) is 6.43. The molecular formula is C16H13FN2O4S2. The molecule has 0 atom stereocenters. The number of rotatable bonds is 4. The van der Waals surface area contributed by atoms with Crippen LogP contribution in [0, 0.1) is 5.82 Å². The van der Waals surface area contributed by atoms with Crippen LogP contribution in [0.2, 0.25) is 0 Å². The Morgan fingerprint density at radius 3 is 2.64 bits per heavy atom. The molecule has 1 aromatic heterocycles. The second-order valence-corrected chi connectivity index (χ2v) is 7.77. The number of sulfonamides is 1. The predicted octanol–water partition coefficient (Wildman–Crippen LogP) is 2.95. The molecule has 1 amide bonds. The van der Waals surface area contributed by atoms with Crippen molar-refractivity contribution >= 4 is 43.0 Å². The Bertz CT molecular complexity index is 1080. The van der Waals surface area contributed by atoms with Crippen molar-refractivity contribution in [2.75, 3.05) is 12.4 Å². The highest BCUT2D eigenvalue weighted by Gasteiger charge is 2.17. The molecule has 0 spiro atoms. The number of primary sulfonamides is 1. The molecule has 9 heteroatoms. The van der Waals surface area contributed by atoms with Crippen LogP contribution in [0.25, 0.3) is 10.1 Å². The molecule has 0 bridgehead atoms. The number of hydrogen-bond donors (Lipinski definition) is 2. The molecule has 0 radical (unpaired) electrons. The third-order valence-electron chi connectivity index (χ3n) is 3.48. The summed E-state index contributed by atoms with van der Waals surface area (Å²) in [6.07, 6.45) is 0. The maximum absolute atomic E-state index is 13.8. The van der Waals surface area contributed by atoms with Crippen LogP contribution in [-0.4, -0.2) is 21.4 Å². The maximum Gasteiger partial charge on any atom is 0.265 e. The zero-order chi connectivity index (χ0) is 18.2. The largest absolute Gasteiger partial charge is 0.495 e. The highest BCUT2D eigenvalue weighted by molar-refractivity contribution is 7.89. The molecule has 3 N–H and O–H groups in total. The highest BCUT2D eigenvalue weighted by Crippen LogP contribution is 2.31. The minimum atomic E-state index is -3.93. The van der Waals surface area contributed by atoms with E-state index in [0.29, 0.717) is 10.1 Å². The van der Waals surface area contributed by atoms with Crippen LogP contribution < -0.4 is 15.2 Å². The monoisotopic (exact) mass is 380 g/mol. The van der Waals surface area contributed by atoms with Crippen molar-refractivity contribution in [1.29, 1.82) is 0 Å². The van der Waals surface area contributed by atoms with Gasteiger partial charge in [0.15, 0.2) is 0 Å². The molecule has 0 aliphatic rings. The van der Waals surface area contributed by atoms with Gasteiger partial charge < -0.3 is 10.1 Å². The Kier molecular flexibility index (Phi) is 4.46. The number of amides is 1. The Balaban J connectivity index is 1.97. The quantitative estimate of drug-likeness (QED) is 0.727. The predicted molar refractivity (Wildman–Crippen MR) is 94.1 cm³/mol. The summed E-state index contributed by atoms with van der Waals surface area (Å²) in [5.74, 6) is -0.653. The number of hydrogen-bond acceptors (Lipinski definition) is 5. The molecule has 3 rings (SSSR count). The molecule has 0 saturated carbocycles. The van der Waals surface area contributed by atoms with E-state index >= 15 is 0 Å². The third-order valence-corrected chi connectivity index (χ3v) is 5.49. The van der Waals surface area contributed by atoms with Gasteiger partial charge in [-0.1, -0.05) is 6.07 Å². The van der Waals surface area contributed by atoms with Gasteiger partial charge in [0.25, 0.3) is 5.91 Å². The van der Waals surface area contributed by atoms with Crippen LogP contribution in [-0.2, 0) is 10.0 Å². The summed E-state index contributed by atoms with van der Waals surface area (Å²) in [6, 6.07) is 9.91. The molecule has 0 unspecified atom stereocenters. The van der Waals surface area contributed by atoms with Gasteiger partial charge in [-0.2, -0.15) is 0 Å². The lowest BCUT2D eigenvalue weighted by atomic mass is 10.2. The molecule has 0 aliphatic carbocycles. The van der Waals surface area contributed by atoms with Crippen LogP contribution in [0.1, 0.15) is 9.67 Å². The first kappa shape index (κ1) is 17.3. The van der Waals surface area contributed by atoms with Gasteiger partial charge in [0.05, 0.1) is 22.6 Å². The summed E-state index contributed by atoms with van der Waals surface area (Å²) in [5.41, 5.74) is 0.150. The summed E-state index contributed by atoms with van der Waals surface area (Å²) in [7, 11) is -2.55. The van der Waals surface area contributed by atoms with Crippen molar-refractivity contribution in [2.45, 2.75) is 4.90 Å². The lowest BCUT2D eigenvalue weighted by Gasteiger charge is -2.10. The number of carbonyl (C=O) groups is 1. The smallest absolute Gasteiger partial charge is 0.265 e. The van der Waals surface area contributed by atoms with Gasteiger partial charge >= 0.3 is 0 Å². The number of nitrogens with two attached hydrogens (primary N) is 1. The number of fused-ring (bicyclic) bond motifs is 1. The fourth-order valence-electron chi connectivity index (χ4n) is 2.28. The van der Waals surface area contributed by atoms with Crippen LogP contribution in [0.4, 0.5) is 10.1 Å². The first-order valence-electron chi connectivity index (χ1n) is 7.00. The van der Waals surface area contributed by atoms with Gasteiger partial charge in [0, 0.05) is 10.1 Å². The number of anilines is 1. The fraction of sp³-hybridized carbons (Fsp3) is 0.0625. The Morgan fingerprint density at radius 1 is 1.24 bits per heavy atom. The van der Waals surface area contributed by atoms with Gasteiger partial charge in [-0.25, -0.2) is 17.9 Å². The Morgan fingerprint density at radius 2 is 2.00 bits per heavy atom. The summed E-state index contributed by atoms with van der Waals surface area (Å²) in [4.78, 5) is 12.6. The first-order chi connectivity index (χ1) is 11.8. The zero-order valence-corrected chi connectivity index (χ0v) is 14.6. The second-order valence-electron chi connectivity index (χ2n) is 5.12. The van der Waals surface area contributed by atoms with E-state index in [1.807, 2.05) is 0 Å². The average molecular weight is 380 g/mol. The molecule has 25 heavy (non-hydrogen) atoms. The van der Waals surface area contributed by atoms with E-state index in [4.69, 9.17) is 9.88 Å². The lowest BCUT2D eigenvalue weighted by molar-refractivity contribution is 0.103. The SMILES string of the molecule is COc1ccc(S(N)(=O)=O)cc1NC(=O)c1cc2c(F)cccc2s1. The number of ether oxygens (including phenoxy) is 1. The van der Waals surface area contributed by atoms with E-state index < -0.39 is 21.7 Å². The summed E-state index contributed by atoms with van der Waals surface area (Å²) < 4.78 is 42.5. The van der Waals surface area contributed by atoms with Crippen molar-refractivity contribution < 1.29 is 22.3 Å². The van der Waals surface area contributed by atoms with Gasteiger partial charge in [0.2, 0.25) is 10.0 Å². The maximum atomic E-state index is 13.8. The summed E-state index contributed by atoms with van der Waals surface area (Å²) >= 11 is 1.13. The molecule has 130 valence electrons. The number of thiophene rings is 1. The molecule has 2 aromatic carbocycles. The van der Waals surface area contributed by atoms with E-state index in [0.717, 1.165) is 11.3 Å². The molecular weight excluding hydrogens is 367 g/mol. The lowest BCUT2D eigenvalue weighted by Crippen LogP contribution is -2.15. The molecule has 1 heterocycles. The number of nitrogens with one attached hydrogen (secondary N) is 1. The summed E-state index contributed by atoms with van der Waals surface area (Å²) in [6.45, 7) is 0. The van der Waals surface area contributed by atoms with E-state index in [9.17, 15) is 17.6 Å². The number of carbonyl (C=O) groups excluding carboxylic acids is 1. The van der Waals surface area contributed by atoms with Gasteiger partial charge in [0.1, 0.15) is 11.6 Å². The first-order valence-corrected chi connectivity index (χ1v) is 9.36. The van der Waals surface area contributed by atoms with Gasteiger partial charge in [-0.15, -0.1) is 11.3 Å². The highest BCUT2D eigenvalue weighted by atomic mass is 32.2. The standard InChI is InChI=1S/C16H13FN2O4S2/c1-23-13-6-5-9(25(18,21)22)7-12(13)19-16(20)15-8-10-11(17)3-2-4-14(10)24-15/h2-8H,1H3,(H,19,20)(H2,18,21,22). The van der Waals surface area contributed by atoms with Crippen molar-refractivity contribution in [2.24, 2.45) is 5.14 Å². The Hall–Kier alpha value is -2.49. The van der Waals surface area contributed by atoms with Crippen molar-refractivity contribution in [3.63, 3.8) is 0 Å². The molecule has 6 nitrogen and oxygen atoms in total. The van der Waals surface area contributed by atoms with Crippen LogP contribution in [0.5, 0.6) is 5.75 Å². The van der Waals surface area contributed by atoms with Gasteiger partial charge in [-0.3, -0.25) is 4.79 Å². The zero-order valence-electron chi connectivity index (χ0n) is 12.9. The van der Waals surface area contributed by atoms with Crippen molar-refractivity contribution in [1.82, 2.24) is 0 Å².